The molecule has 0 radical (unpaired) electrons. The number of aryl methyl sites for hydroxylation is 2. The Labute approximate surface area is 180 Å². The molecule has 1 fully saturated rings. The fourth-order valence-electron chi connectivity index (χ4n) is 4.27. The van der Waals surface area contributed by atoms with Gasteiger partial charge in [-0.1, -0.05) is 13.8 Å². The lowest BCUT2D eigenvalue weighted by Crippen LogP contribution is -2.46. The first kappa shape index (κ1) is 21.3. The highest BCUT2D eigenvalue weighted by Gasteiger charge is 2.25. The summed E-state index contributed by atoms with van der Waals surface area (Å²) >= 11 is 0. The molecule has 0 aromatic carbocycles. The molecule has 0 bridgehead atoms. The number of rotatable bonds is 5. The van der Waals surface area contributed by atoms with Crippen molar-refractivity contribution >= 4 is 11.9 Å². The van der Waals surface area contributed by atoms with Crippen molar-refractivity contribution in [2.75, 3.05) is 38.1 Å². The minimum absolute atomic E-state index is 0.0212. The minimum Gasteiger partial charge on any atom is -0.343 e. The maximum Gasteiger partial charge on any atom is 0.261 e. The number of fused-ring (bicyclic) bond motifs is 1. The first-order valence-electron chi connectivity index (χ1n) is 10.9. The number of amides is 1. The number of carbonyl (C=O) groups excluding carboxylic acids is 1. The van der Waals surface area contributed by atoms with Crippen LogP contribution in [0.3, 0.4) is 0 Å². The number of anilines is 1. The summed E-state index contributed by atoms with van der Waals surface area (Å²) in [6.07, 6.45) is 2.69. The van der Waals surface area contributed by atoms with E-state index in [2.05, 4.69) is 37.1 Å². The number of aromatic nitrogens is 3. The van der Waals surface area contributed by atoms with E-state index in [4.69, 9.17) is 0 Å². The highest BCUT2D eigenvalue weighted by molar-refractivity contribution is 5.94. The van der Waals surface area contributed by atoms with E-state index in [0.717, 1.165) is 56.7 Å². The van der Waals surface area contributed by atoms with Crippen LogP contribution in [0.1, 0.15) is 53.6 Å². The van der Waals surface area contributed by atoms with Crippen LogP contribution >= 0.6 is 0 Å². The first-order chi connectivity index (χ1) is 14.8. The lowest BCUT2D eigenvalue weighted by Gasteiger charge is -2.33. The van der Waals surface area contributed by atoms with E-state index in [0.29, 0.717) is 11.6 Å². The zero-order valence-electron chi connectivity index (χ0n) is 18.3. The zero-order valence-corrected chi connectivity index (χ0v) is 18.3. The fraction of sp³-hybridized carbons (Fsp3) is 0.545. The summed E-state index contributed by atoms with van der Waals surface area (Å²) in [5.41, 5.74) is 1.92. The molecule has 1 aliphatic heterocycles. The van der Waals surface area contributed by atoms with E-state index in [1.165, 1.54) is 6.07 Å². The van der Waals surface area contributed by atoms with Gasteiger partial charge in [-0.2, -0.15) is 0 Å². The van der Waals surface area contributed by atoms with Crippen molar-refractivity contribution in [3.8, 4) is 0 Å². The van der Waals surface area contributed by atoms with Gasteiger partial charge in [-0.3, -0.25) is 19.4 Å². The quantitative estimate of drug-likeness (QED) is 0.652. The number of nitrogens with one attached hydrogen (secondary N) is 3. The molecule has 9 heteroatoms. The molecule has 2 aromatic heterocycles. The lowest BCUT2D eigenvalue weighted by atomic mass is 10.00. The number of piperazine rings is 1. The van der Waals surface area contributed by atoms with E-state index >= 15 is 0 Å². The predicted octanol–water partition coefficient (Wildman–Crippen LogP) is 0.826. The van der Waals surface area contributed by atoms with E-state index < -0.39 is 11.9 Å². The topological polar surface area (TPSA) is 114 Å². The lowest BCUT2D eigenvalue weighted by molar-refractivity contribution is 0.0922. The second-order valence-electron chi connectivity index (χ2n) is 8.85. The summed E-state index contributed by atoms with van der Waals surface area (Å²) in [6.45, 7) is 7.23. The van der Waals surface area contributed by atoms with Gasteiger partial charge >= 0.3 is 0 Å². The molecule has 1 aliphatic carbocycles. The average Bonchev–Trinajstić information content (AvgIpc) is 3.18. The van der Waals surface area contributed by atoms with Crippen LogP contribution in [0.25, 0.3) is 0 Å². The molecular weight excluding hydrogens is 396 g/mol. The molecule has 9 nitrogen and oxygen atoms in total. The molecule has 0 saturated carbocycles. The van der Waals surface area contributed by atoms with Gasteiger partial charge in [0, 0.05) is 37.9 Å². The maximum absolute atomic E-state index is 13.0. The monoisotopic (exact) mass is 426 g/mol. The van der Waals surface area contributed by atoms with Crippen LogP contribution in [0, 0.1) is 5.92 Å². The Morgan fingerprint density at radius 3 is 2.55 bits per heavy atom. The van der Waals surface area contributed by atoms with Crippen LogP contribution < -0.4 is 21.3 Å². The van der Waals surface area contributed by atoms with Crippen molar-refractivity contribution in [3.05, 3.63) is 55.4 Å². The second-order valence-corrected chi connectivity index (χ2v) is 8.85. The predicted molar refractivity (Wildman–Crippen MR) is 119 cm³/mol. The van der Waals surface area contributed by atoms with Gasteiger partial charge in [-0.05, 0) is 43.9 Å². The van der Waals surface area contributed by atoms with Gasteiger partial charge in [0.25, 0.3) is 17.0 Å². The van der Waals surface area contributed by atoms with Crippen molar-refractivity contribution in [2.45, 2.75) is 39.2 Å². The van der Waals surface area contributed by atoms with Crippen LogP contribution in [-0.4, -0.2) is 59.0 Å². The van der Waals surface area contributed by atoms with Crippen LogP contribution in [-0.2, 0) is 12.8 Å². The van der Waals surface area contributed by atoms with Crippen molar-refractivity contribution < 1.29 is 4.79 Å². The van der Waals surface area contributed by atoms with E-state index in [-0.39, 0.29) is 22.6 Å². The molecule has 31 heavy (non-hydrogen) atoms. The van der Waals surface area contributed by atoms with Gasteiger partial charge in [0.15, 0.2) is 0 Å². The summed E-state index contributed by atoms with van der Waals surface area (Å²) in [5.74, 6) is 0.0517. The van der Waals surface area contributed by atoms with E-state index in [9.17, 15) is 14.4 Å². The Balaban J connectivity index is 1.60. The van der Waals surface area contributed by atoms with Gasteiger partial charge in [0.2, 0.25) is 5.95 Å². The number of aromatic amines is 2. The highest BCUT2D eigenvalue weighted by Crippen LogP contribution is 2.22. The second kappa shape index (κ2) is 8.66. The third-order valence-electron chi connectivity index (χ3n) is 6.16. The summed E-state index contributed by atoms with van der Waals surface area (Å²) in [7, 11) is 2.06. The number of pyridine rings is 1. The molecule has 2 aromatic rings. The summed E-state index contributed by atoms with van der Waals surface area (Å²) in [6, 6.07) is 2.64. The third kappa shape index (κ3) is 4.56. The molecule has 0 spiro atoms. The normalized spacial score (nSPS) is 17.6. The number of carbonyl (C=O) groups is 1. The molecule has 1 saturated heterocycles. The van der Waals surface area contributed by atoms with E-state index in [1.807, 2.05) is 13.8 Å². The standard InChI is InChI=1S/C22H30N6O3/c1-13(2)19(26-21(31)15-11-14-5-4-6-16(14)23-20(15)30)17-12-18(29)25-22(24-17)28-9-7-27(3)8-10-28/h11-13,19H,4-10H2,1-3H3,(H,23,30)(H,26,31)(H,24,25,29)/t19-/m0/s1. The Morgan fingerprint density at radius 1 is 1.10 bits per heavy atom. The molecule has 3 N–H and O–H groups in total. The maximum atomic E-state index is 13.0. The zero-order chi connectivity index (χ0) is 22.1. The summed E-state index contributed by atoms with van der Waals surface area (Å²) in [4.78, 5) is 52.5. The molecule has 4 rings (SSSR count). The Kier molecular flexibility index (Phi) is 5.95. The van der Waals surface area contributed by atoms with Crippen LogP contribution in [0.5, 0.6) is 0 Å². The van der Waals surface area contributed by atoms with Gasteiger partial charge in [-0.25, -0.2) is 4.98 Å². The minimum atomic E-state index is -0.492. The largest absolute Gasteiger partial charge is 0.343 e. The summed E-state index contributed by atoms with van der Waals surface area (Å²) < 4.78 is 0. The van der Waals surface area contributed by atoms with E-state index in [1.54, 1.807) is 6.07 Å². The first-order valence-corrected chi connectivity index (χ1v) is 10.9. The van der Waals surface area contributed by atoms with Gasteiger partial charge < -0.3 is 20.1 Å². The number of hydrogen-bond donors (Lipinski definition) is 3. The SMILES string of the molecule is CC(C)[C@H](NC(=O)c1cc2c([nH]c1=O)CCC2)c1cc(=O)[nH]c(N2CCN(C)CC2)n1. The highest BCUT2D eigenvalue weighted by atomic mass is 16.2. The molecule has 2 aliphatic rings. The molecule has 3 heterocycles. The number of H-pyrrole nitrogens is 2. The molecule has 1 amide bonds. The van der Waals surface area contributed by atoms with Crippen molar-refractivity contribution in [1.29, 1.82) is 0 Å². The van der Waals surface area contributed by atoms with Crippen LogP contribution in [0.15, 0.2) is 21.7 Å². The molecule has 1 atom stereocenters. The van der Waals surface area contributed by atoms with Crippen LogP contribution in [0.4, 0.5) is 5.95 Å². The molecule has 166 valence electrons. The third-order valence-corrected chi connectivity index (χ3v) is 6.16. The smallest absolute Gasteiger partial charge is 0.261 e. The molecule has 0 unspecified atom stereocenters. The van der Waals surface area contributed by atoms with Gasteiger partial charge in [0.1, 0.15) is 5.56 Å². The Bertz CT molecular complexity index is 1080. The average molecular weight is 427 g/mol. The van der Waals surface area contributed by atoms with Crippen LogP contribution in [0.2, 0.25) is 0 Å². The van der Waals surface area contributed by atoms with Crippen molar-refractivity contribution in [1.82, 2.24) is 25.2 Å². The molecular formula is C22H30N6O3. The fourth-order valence-corrected chi connectivity index (χ4v) is 4.27. The van der Waals surface area contributed by atoms with Crippen molar-refractivity contribution in [2.24, 2.45) is 5.92 Å². The number of likely N-dealkylation sites (N-methyl/N-ethyl adjacent to an activating group) is 1. The Morgan fingerprint density at radius 2 is 1.84 bits per heavy atom. The number of hydrogen-bond acceptors (Lipinski definition) is 6. The Hall–Kier alpha value is -2.94. The summed E-state index contributed by atoms with van der Waals surface area (Å²) in [5, 5.41) is 2.94. The van der Waals surface area contributed by atoms with Gasteiger partial charge in [0.05, 0.1) is 11.7 Å². The van der Waals surface area contributed by atoms with Gasteiger partial charge in [-0.15, -0.1) is 0 Å². The number of nitrogens with zero attached hydrogens (tertiary/aromatic N) is 3. The van der Waals surface area contributed by atoms with Crippen molar-refractivity contribution in [3.63, 3.8) is 0 Å².